The first kappa shape index (κ1) is 19.7. The molecule has 1 aliphatic carbocycles. The monoisotopic (exact) mass is 353 g/mol. The minimum Gasteiger partial charge on any atom is -0.378 e. The molecule has 0 radical (unpaired) electrons. The molecular formula is C18H31N3O4. The van der Waals surface area contributed by atoms with Crippen LogP contribution in [0.5, 0.6) is 0 Å². The molecule has 7 heteroatoms. The summed E-state index contributed by atoms with van der Waals surface area (Å²) in [6.45, 7) is 4.90. The van der Waals surface area contributed by atoms with Gasteiger partial charge in [0.15, 0.2) is 0 Å². The van der Waals surface area contributed by atoms with Crippen LogP contribution >= 0.6 is 0 Å². The predicted molar refractivity (Wildman–Crippen MR) is 94.0 cm³/mol. The molecule has 4 amide bonds. The maximum absolute atomic E-state index is 12.0. The zero-order valence-corrected chi connectivity index (χ0v) is 15.4. The van der Waals surface area contributed by atoms with Gasteiger partial charge in [-0.3, -0.25) is 14.5 Å². The summed E-state index contributed by atoms with van der Waals surface area (Å²) < 4.78 is 5.82. The van der Waals surface area contributed by atoms with E-state index >= 15 is 0 Å². The molecule has 1 aliphatic heterocycles. The molecule has 0 unspecified atom stereocenters. The minimum atomic E-state index is -0.850. The summed E-state index contributed by atoms with van der Waals surface area (Å²) in [5.74, 6) is -0.290. The van der Waals surface area contributed by atoms with Gasteiger partial charge in [-0.05, 0) is 39.5 Å². The Hall–Kier alpha value is -1.63. The number of nitrogens with one attached hydrogen (secondary N) is 2. The molecule has 0 bridgehead atoms. The highest BCUT2D eigenvalue weighted by atomic mass is 16.5. The number of urea groups is 1. The molecule has 2 aliphatic rings. The third kappa shape index (κ3) is 5.99. The Morgan fingerprint density at radius 1 is 1.24 bits per heavy atom. The Kier molecular flexibility index (Phi) is 7.23. The van der Waals surface area contributed by atoms with E-state index in [-0.39, 0.29) is 24.4 Å². The maximum atomic E-state index is 12.0. The van der Waals surface area contributed by atoms with Crippen molar-refractivity contribution in [1.82, 2.24) is 15.5 Å². The van der Waals surface area contributed by atoms with Gasteiger partial charge in [-0.2, -0.15) is 0 Å². The molecule has 1 saturated carbocycles. The van der Waals surface area contributed by atoms with Crippen LogP contribution in [0, 0.1) is 0 Å². The standard InChI is InChI=1S/C18H31N3O4/c1-18(2)16(23)21(17(24)20-18)12-6-10-15(22)19-11-7-13-25-14-8-4-3-5-9-14/h14H,3-13H2,1-2H3,(H,19,22)(H,20,24). The number of ether oxygens (including phenoxy) is 1. The first-order valence-corrected chi connectivity index (χ1v) is 9.42. The van der Waals surface area contributed by atoms with Crippen LogP contribution in [0.2, 0.25) is 0 Å². The van der Waals surface area contributed by atoms with Gasteiger partial charge >= 0.3 is 6.03 Å². The largest absolute Gasteiger partial charge is 0.378 e. The molecule has 2 fully saturated rings. The van der Waals surface area contributed by atoms with Crippen LogP contribution < -0.4 is 10.6 Å². The van der Waals surface area contributed by atoms with Gasteiger partial charge in [0, 0.05) is 26.1 Å². The third-order valence-corrected chi connectivity index (χ3v) is 4.78. The second kappa shape index (κ2) is 9.17. The molecule has 1 heterocycles. The molecule has 0 spiro atoms. The van der Waals surface area contributed by atoms with Crippen LogP contribution in [0.15, 0.2) is 0 Å². The third-order valence-electron chi connectivity index (χ3n) is 4.78. The van der Waals surface area contributed by atoms with Crippen molar-refractivity contribution < 1.29 is 19.1 Å². The number of carbonyl (C=O) groups is 3. The van der Waals surface area contributed by atoms with Gasteiger partial charge < -0.3 is 15.4 Å². The normalized spacial score (nSPS) is 20.6. The van der Waals surface area contributed by atoms with Crippen molar-refractivity contribution in [2.24, 2.45) is 0 Å². The second-order valence-corrected chi connectivity index (χ2v) is 7.45. The van der Waals surface area contributed by atoms with Gasteiger partial charge in [0.05, 0.1) is 6.10 Å². The molecule has 0 aromatic heterocycles. The minimum absolute atomic E-state index is 0.0519. The molecule has 25 heavy (non-hydrogen) atoms. The zero-order chi connectivity index (χ0) is 18.3. The van der Waals surface area contributed by atoms with Crippen molar-refractivity contribution in [2.45, 2.75) is 76.9 Å². The van der Waals surface area contributed by atoms with Crippen molar-refractivity contribution in [2.75, 3.05) is 19.7 Å². The van der Waals surface area contributed by atoms with E-state index in [2.05, 4.69) is 10.6 Å². The lowest BCUT2D eigenvalue weighted by molar-refractivity contribution is -0.130. The van der Waals surface area contributed by atoms with E-state index in [1.165, 1.54) is 24.2 Å². The summed E-state index contributed by atoms with van der Waals surface area (Å²) in [6.07, 6.45) is 8.14. The van der Waals surface area contributed by atoms with E-state index in [1.807, 2.05) is 0 Å². The van der Waals surface area contributed by atoms with Crippen molar-refractivity contribution in [1.29, 1.82) is 0 Å². The van der Waals surface area contributed by atoms with Gasteiger partial charge in [-0.25, -0.2) is 4.79 Å². The Balaban J connectivity index is 1.51. The summed E-state index contributed by atoms with van der Waals surface area (Å²) in [7, 11) is 0. The molecule has 2 rings (SSSR count). The van der Waals surface area contributed by atoms with Crippen LogP contribution in [0.1, 0.15) is 65.2 Å². The van der Waals surface area contributed by atoms with Crippen LogP contribution in [0.4, 0.5) is 4.79 Å². The molecule has 2 N–H and O–H groups in total. The molecule has 7 nitrogen and oxygen atoms in total. The van der Waals surface area contributed by atoms with E-state index in [0.717, 1.165) is 19.3 Å². The van der Waals surface area contributed by atoms with E-state index in [9.17, 15) is 14.4 Å². The Morgan fingerprint density at radius 3 is 2.60 bits per heavy atom. The summed E-state index contributed by atoms with van der Waals surface area (Å²) in [5, 5.41) is 5.49. The van der Waals surface area contributed by atoms with Gasteiger partial charge in [0.25, 0.3) is 5.91 Å². The molecule has 142 valence electrons. The SMILES string of the molecule is CC1(C)NC(=O)N(CCCC(=O)NCCCOC2CCCCC2)C1=O. The molecule has 0 aromatic carbocycles. The van der Waals surface area contributed by atoms with E-state index in [1.54, 1.807) is 13.8 Å². The molecular weight excluding hydrogens is 322 g/mol. The van der Waals surface area contributed by atoms with Crippen LogP contribution in [0.25, 0.3) is 0 Å². The number of hydrogen-bond donors (Lipinski definition) is 2. The number of hydrogen-bond acceptors (Lipinski definition) is 4. The highest BCUT2D eigenvalue weighted by molar-refractivity contribution is 6.06. The van der Waals surface area contributed by atoms with Crippen molar-refractivity contribution in [3.63, 3.8) is 0 Å². The predicted octanol–water partition coefficient (Wildman–Crippen LogP) is 1.95. The average Bonchev–Trinajstić information content (AvgIpc) is 2.77. The fourth-order valence-corrected chi connectivity index (χ4v) is 3.29. The Bertz CT molecular complexity index is 487. The fourth-order valence-electron chi connectivity index (χ4n) is 3.29. The number of carbonyl (C=O) groups excluding carboxylic acids is 3. The summed E-state index contributed by atoms with van der Waals surface area (Å²) in [5.41, 5.74) is -0.850. The van der Waals surface area contributed by atoms with Crippen molar-refractivity contribution >= 4 is 17.8 Å². The van der Waals surface area contributed by atoms with Crippen LogP contribution in [0.3, 0.4) is 0 Å². The lowest BCUT2D eigenvalue weighted by Gasteiger charge is -2.21. The summed E-state index contributed by atoms with van der Waals surface area (Å²) in [6, 6.07) is -0.379. The van der Waals surface area contributed by atoms with E-state index < -0.39 is 5.54 Å². The molecule has 1 saturated heterocycles. The summed E-state index contributed by atoms with van der Waals surface area (Å²) >= 11 is 0. The number of nitrogens with zero attached hydrogens (tertiary/aromatic N) is 1. The van der Waals surface area contributed by atoms with Gasteiger partial charge in [-0.1, -0.05) is 19.3 Å². The fraction of sp³-hybridized carbons (Fsp3) is 0.833. The van der Waals surface area contributed by atoms with Crippen molar-refractivity contribution in [3.8, 4) is 0 Å². The lowest BCUT2D eigenvalue weighted by atomic mass is 9.98. The number of amides is 4. The zero-order valence-electron chi connectivity index (χ0n) is 15.4. The van der Waals surface area contributed by atoms with Crippen molar-refractivity contribution in [3.05, 3.63) is 0 Å². The lowest BCUT2D eigenvalue weighted by Crippen LogP contribution is -2.40. The Labute approximate surface area is 149 Å². The van der Waals surface area contributed by atoms with Gasteiger partial charge in [0.2, 0.25) is 5.91 Å². The highest BCUT2D eigenvalue weighted by Crippen LogP contribution is 2.20. The van der Waals surface area contributed by atoms with Gasteiger partial charge in [0.1, 0.15) is 5.54 Å². The average molecular weight is 353 g/mol. The Morgan fingerprint density at radius 2 is 1.96 bits per heavy atom. The molecule has 0 atom stereocenters. The smallest absolute Gasteiger partial charge is 0.325 e. The second-order valence-electron chi connectivity index (χ2n) is 7.45. The first-order chi connectivity index (χ1) is 11.9. The number of rotatable bonds is 9. The quantitative estimate of drug-likeness (QED) is 0.490. The van der Waals surface area contributed by atoms with E-state index in [0.29, 0.717) is 32.1 Å². The topological polar surface area (TPSA) is 87.7 Å². The number of imide groups is 1. The van der Waals surface area contributed by atoms with E-state index in [4.69, 9.17) is 4.74 Å². The highest BCUT2D eigenvalue weighted by Gasteiger charge is 2.43. The van der Waals surface area contributed by atoms with Crippen LogP contribution in [-0.2, 0) is 14.3 Å². The maximum Gasteiger partial charge on any atom is 0.325 e. The summed E-state index contributed by atoms with van der Waals surface area (Å²) in [4.78, 5) is 36.7. The van der Waals surface area contributed by atoms with Gasteiger partial charge in [-0.15, -0.1) is 0 Å². The first-order valence-electron chi connectivity index (χ1n) is 9.42. The molecule has 0 aromatic rings. The van der Waals surface area contributed by atoms with Crippen LogP contribution in [-0.4, -0.2) is 54.1 Å².